The minimum Gasteiger partial charge on any atom is -0.389 e. The summed E-state index contributed by atoms with van der Waals surface area (Å²) in [6, 6.07) is 7.96. The van der Waals surface area contributed by atoms with Crippen LogP contribution in [0, 0.1) is 6.92 Å². The number of β-amino-alcohol motifs (C(OH)–C–C–N with tert-alkyl or cyclic N) is 1. The van der Waals surface area contributed by atoms with Crippen LogP contribution in [-0.2, 0) is 20.1 Å². The van der Waals surface area contributed by atoms with Crippen molar-refractivity contribution in [2.45, 2.75) is 45.4 Å². The Morgan fingerprint density at radius 1 is 1.09 bits per heavy atom. The normalized spacial score (nSPS) is 19.5. The van der Waals surface area contributed by atoms with Gasteiger partial charge in [-0.2, -0.15) is 4.98 Å². The van der Waals surface area contributed by atoms with E-state index in [1.165, 1.54) is 15.6 Å². The van der Waals surface area contributed by atoms with E-state index in [0.717, 1.165) is 37.2 Å². The molecule has 1 atom stereocenters. The maximum Gasteiger partial charge on any atom is 0.332 e. The minimum absolute atomic E-state index is 0.272. The van der Waals surface area contributed by atoms with Gasteiger partial charge in [0.05, 0.1) is 19.2 Å². The van der Waals surface area contributed by atoms with Gasteiger partial charge in [0, 0.05) is 25.8 Å². The van der Waals surface area contributed by atoms with E-state index in [4.69, 9.17) is 4.98 Å². The monoisotopic (exact) mass is 438 g/mol. The molecule has 2 aliphatic rings. The lowest BCUT2D eigenvalue weighted by Gasteiger charge is -2.32. The molecule has 9 heteroatoms. The molecule has 0 amide bonds. The number of imidazole rings is 1. The lowest BCUT2D eigenvalue weighted by atomic mass is 10.1. The molecule has 5 rings (SSSR count). The molecule has 170 valence electrons. The average molecular weight is 439 g/mol. The Morgan fingerprint density at radius 2 is 1.88 bits per heavy atom. The summed E-state index contributed by atoms with van der Waals surface area (Å²) in [4.78, 5) is 35.5. The molecule has 1 saturated heterocycles. The van der Waals surface area contributed by atoms with Crippen LogP contribution in [0.2, 0.25) is 0 Å². The van der Waals surface area contributed by atoms with Crippen molar-refractivity contribution >= 4 is 22.8 Å². The van der Waals surface area contributed by atoms with Crippen molar-refractivity contribution in [1.29, 1.82) is 0 Å². The molecule has 32 heavy (non-hydrogen) atoms. The Balaban J connectivity index is 1.61. The third kappa shape index (κ3) is 3.55. The van der Waals surface area contributed by atoms with Gasteiger partial charge >= 0.3 is 5.69 Å². The van der Waals surface area contributed by atoms with Crippen molar-refractivity contribution in [2.75, 3.05) is 31.1 Å². The largest absolute Gasteiger partial charge is 0.389 e. The molecule has 1 unspecified atom stereocenters. The fraction of sp³-hybridized carbons (Fsp3) is 0.522. The Morgan fingerprint density at radius 3 is 2.62 bits per heavy atom. The number of aromatic nitrogens is 4. The number of benzene rings is 1. The molecule has 0 bridgehead atoms. The Hall–Kier alpha value is -2.91. The van der Waals surface area contributed by atoms with E-state index in [2.05, 4.69) is 4.90 Å². The van der Waals surface area contributed by atoms with E-state index in [1.807, 2.05) is 36.1 Å². The number of piperidine rings is 1. The number of likely N-dealkylation sites (tertiary alicyclic amines) is 1. The van der Waals surface area contributed by atoms with Gasteiger partial charge in [0.2, 0.25) is 5.95 Å². The number of anilines is 2. The van der Waals surface area contributed by atoms with Crippen molar-refractivity contribution in [3.8, 4) is 0 Å². The molecule has 1 aromatic carbocycles. The molecule has 0 saturated carbocycles. The van der Waals surface area contributed by atoms with Crippen LogP contribution in [0.25, 0.3) is 11.2 Å². The van der Waals surface area contributed by atoms with E-state index < -0.39 is 6.10 Å². The number of aliphatic hydroxyl groups excluding tert-OH is 1. The summed E-state index contributed by atoms with van der Waals surface area (Å²) in [5, 5.41) is 10.6. The summed E-state index contributed by atoms with van der Waals surface area (Å²) in [6.07, 6.45) is 2.91. The Bertz CT molecular complexity index is 1270. The van der Waals surface area contributed by atoms with Gasteiger partial charge in [0.25, 0.3) is 5.56 Å². The second kappa shape index (κ2) is 8.22. The molecule has 4 heterocycles. The van der Waals surface area contributed by atoms with Gasteiger partial charge in [0.15, 0.2) is 11.2 Å². The lowest BCUT2D eigenvalue weighted by molar-refractivity contribution is 0.154. The van der Waals surface area contributed by atoms with Crippen LogP contribution in [0.5, 0.6) is 0 Å². The van der Waals surface area contributed by atoms with E-state index >= 15 is 0 Å². The number of fused-ring (bicyclic) bond motifs is 3. The van der Waals surface area contributed by atoms with Gasteiger partial charge in [-0.15, -0.1) is 0 Å². The minimum atomic E-state index is -0.654. The van der Waals surface area contributed by atoms with Crippen LogP contribution < -0.4 is 16.1 Å². The zero-order valence-corrected chi connectivity index (χ0v) is 18.7. The van der Waals surface area contributed by atoms with Gasteiger partial charge < -0.3 is 19.5 Å². The topological polar surface area (TPSA) is 88.5 Å². The highest BCUT2D eigenvalue weighted by atomic mass is 16.3. The van der Waals surface area contributed by atoms with Gasteiger partial charge in [-0.25, -0.2) is 4.79 Å². The molecule has 9 nitrogen and oxygen atoms in total. The van der Waals surface area contributed by atoms with E-state index in [9.17, 15) is 14.7 Å². The van der Waals surface area contributed by atoms with Crippen LogP contribution in [0.1, 0.15) is 24.8 Å². The number of aryl methyl sites for hydroxylation is 2. The maximum absolute atomic E-state index is 13.5. The summed E-state index contributed by atoms with van der Waals surface area (Å²) >= 11 is 0. The molecule has 3 aromatic rings. The van der Waals surface area contributed by atoms with E-state index in [1.54, 1.807) is 11.6 Å². The number of aliphatic hydroxyl groups is 1. The second-order valence-electron chi connectivity index (χ2n) is 9.00. The number of nitrogens with zero attached hydrogens (tertiary/aromatic N) is 6. The van der Waals surface area contributed by atoms with Crippen molar-refractivity contribution in [3.05, 3.63) is 50.7 Å². The van der Waals surface area contributed by atoms with Gasteiger partial charge in [-0.1, -0.05) is 18.6 Å². The predicted molar refractivity (Wildman–Crippen MR) is 124 cm³/mol. The number of hydrogen-bond donors (Lipinski definition) is 1. The van der Waals surface area contributed by atoms with Crippen LogP contribution in [0.3, 0.4) is 0 Å². The number of hydrogen-bond acceptors (Lipinski definition) is 6. The third-order valence-electron chi connectivity index (χ3n) is 6.64. The smallest absolute Gasteiger partial charge is 0.332 e. The average Bonchev–Trinajstić information content (AvgIpc) is 3.17. The maximum atomic E-state index is 13.5. The highest BCUT2D eigenvalue weighted by Crippen LogP contribution is 2.31. The molecular weight excluding hydrogens is 408 g/mol. The lowest BCUT2D eigenvalue weighted by Crippen LogP contribution is -2.44. The SMILES string of the molecule is Cc1cccc(N2CC(O)Cn3c2nc2c3c(=O)n(CCN3CCCCC3)c(=O)n2C)c1. The van der Waals surface area contributed by atoms with Crippen LogP contribution in [0.15, 0.2) is 33.9 Å². The summed E-state index contributed by atoms with van der Waals surface area (Å²) in [7, 11) is 1.66. The highest BCUT2D eigenvalue weighted by Gasteiger charge is 2.30. The summed E-state index contributed by atoms with van der Waals surface area (Å²) in [5.74, 6) is 0.580. The molecular formula is C23H30N6O3. The summed E-state index contributed by atoms with van der Waals surface area (Å²) in [5.41, 5.74) is 2.04. The van der Waals surface area contributed by atoms with Crippen LogP contribution in [0.4, 0.5) is 11.6 Å². The Labute approximate surface area is 186 Å². The van der Waals surface area contributed by atoms with Crippen molar-refractivity contribution in [1.82, 2.24) is 23.6 Å². The van der Waals surface area contributed by atoms with Crippen LogP contribution >= 0.6 is 0 Å². The van der Waals surface area contributed by atoms with Gasteiger partial charge in [-0.05, 0) is 50.6 Å². The van der Waals surface area contributed by atoms with Gasteiger partial charge in [0.1, 0.15) is 0 Å². The molecule has 2 aliphatic heterocycles. The van der Waals surface area contributed by atoms with Crippen molar-refractivity contribution in [2.24, 2.45) is 7.05 Å². The third-order valence-corrected chi connectivity index (χ3v) is 6.64. The first-order chi connectivity index (χ1) is 15.4. The van der Waals surface area contributed by atoms with E-state index in [0.29, 0.717) is 36.7 Å². The first-order valence-electron chi connectivity index (χ1n) is 11.4. The van der Waals surface area contributed by atoms with E-state index in [-0.39, 0.29) is 17.8 Å². The van der Waals surface area contributed by atoms with Crippen LogP contribution in [-0.4, -0.2) is 61.0 Å². The first-order valence-corrected chi connectivity index (χ1v) is 11.4. The fourth-order valence-corrected chi connectivity index (χ4v) is 4.94. The quantitative estimate of drug-likeness (QED) is 0.659. The number of rotatable bonds is 4. The predicted octanol–water partition coefficient (Wildman–Crippen LogP) is 1.20. The standard InChI is InChI=1S/C23H30N6O3/c1-16-7-6-8-17(13-16)28-14-18(30)15-29-19-20(24-22(28)29)25(2)23(32)27(21(19)31)12-11-26-9-4-3-5-10-26/h6-8,13,18,30H,3-5,9-12,14-15H2,1-2H3. The summed E-state index contributed by atoms with van der Waals surface area (Å²) in [6.45, 7) is 5.72. The second-order valence-corrected chi connectivity index (χ2v) is 9.00. The fourth-order valence-electron chi connectivity index (χ4n) is 4.94. The molecule has 1 fully saturated rings. The molecule has 0 radical (unpaired) electrons. The first kappa shape index (κ1) is 21.0. The zero-order valence-electron chi connectivity index (χ0n) is 18.7. The summed E-state index contributed by atoms with van der Waals surface area (Å²) < 4.78 is 4.55. The highest BCUT2D eigenvalue weighted by molar-refractivity contribution is 5.77. The van der Waals surface area contributed by atoms with Crippen molar-refractivity contribution < 1.29 is 5.11 Å². The zero-order chi connectivity index (χ0) is 22.4. The molecule has 0 aliphatic carbocycles. The van der Waals surface area contributed by atoms with Gasteiger partial charge in [-0.3, -0.25) is 13.9 Å². The Kier molecular flexibility index (Phi) is 5.38. The van der Waals surface area contributed by atoms with Crippen molar-refractivity contribution in [3.63, 3.8) is 0 Å². The molecule has 1 N–H and O–H groups in total. The molecule has 2 aromatic heterocycles. The molecule has 0 spiro atoms.